The highest BCUT2D eigenvalue weighted by molar-refractivity contribution is 5.78. The smallest absolute Gasteiger partial charge is 0.222 e. The van der Waals surface area contributed by atoms with Crippen molar-refractivity contribution in [3.05, 3.63) is 0 Å². The number of carbonyl (C=O) groups excluding carboxylic acids is 1. The Morgan fingerprint density at radius 3 is 2.85 bits per heavy atom. The molecule has 1 N–H and O–H groups in total. The van der Waals surface area contributed by atoms with Gasteiger partial charge in [-0.05, 0) is 19.3 Å². The van der Waals surface area contributed by atoms with Crippen LogP contribution in [-0.2, 0) is 9.53 Å². The highest BCUT2D eigenvalue weighted by Crippen LogP contribution is 2.08. The zero-order valence-corrected chi connectivity index (χ0v) is 8.51. The van der Waals surface area contributed by atoms with E-state index in [1.807, 2.05) is 13.8 Å². The fourth-order valence-electron chi connectivity index (χ4n) is 1.42. The molecule has 1 atom stereocenters. The van der Waals surface area contributed by atoms with Crippen LogP contribution in [0.2, 0.25) is 0 Å². The molecule has 3 heteroatoms. The number of carbonyl (C=O) groups is 1. The zero-order valence-electron chi connectivity index (χ0n) is 8.51. The first-order valence-corrected chi connectivity index (χ1v) is 5.08. The van der Waals surface area contributed by atoms with Crippen LogP contribution in [0.1, 0.15) is 33.1 Å². The largest absolute Gasteiger partial charge is 0.381 e. The van der Waals surface area contributed by atoms with Gasteiger partial charge in [-0.2, -0.15) is 0 Å². The van der Waals surface area contributed by atoms with Crippen molar-refractivity contribution in [2.45, 2.75) is 39.2 Å². The van der Waals surface area contributed by atoms with Gasteiger partial charge < -0.3 is 10.1 Å². The third-order valence-corrected chi connectivity index (χ3v) is 2.32. The maximum absolute atomic E-state index is 11.4. The molecule has 0 radical (unpaired) electrons. The van der Waals surface area contributed by atoms with Gasteiger partial charge >= 0.3 is 0 Å². The second-order valence-corrected chi connectivity index (χ2v) is 3.90. The molecule has 1 saturated heterocycles. The molecule has 1 unspecified atom stereocenters. The van der Waals surface area contributed by atoms with Crippen molar-refractivity contribution in [2.75, 3.05) is 13.2 Å². The number of rotatable bonds is 2. The molecular formula is C10H19NO2. The lowest BCUT2D eigenvalue weighted by molar-refractivity contribution is -0.124. The number of hydrogen-bond acceptors (Lipinski definition) is 2. The summed E-state index contributed by atoms with van der Waals surface area (Å²) in [6, 6.07) is 0.331. The van der Waals surface area contributed by atoms with Crippen LogP contribution in [0.25, 0.3) is 0 Å². The van der Waals surface area contributed by atoms with Crippen LogP contribution >= 0.6 is 0 Å². The lowest BCUT2D eigenvalue weighted by Gasteiger charge is -2.16. The molecule has 1 amide bonds. The van der Waals surface area contributed by atoms with Crippen molar-refractivity contribution in [1.82, 2.24) is 5.32 Å². The predicted molar refractivity (Wildman–Crippen MR) is 51.4 cm³/mol. The van der Waals surface area contributed by atoms with Crippen LogP contribution in [0.15, 0.2) is 0 Å². The molecule has 3 nitrogen and oxygen atoms in total. The van der Waals surface area contributed by atoms with E-state index in [-0.39, 0.29) is 11.8 Å². The molecule has 1 aliphatic rings. The van der Waals surface area contributed by atoms with E-state index in [0.29, 0.717) is 6.04 Å². The van der Waals surface area contributed by atoms with Gasteiger partial charge in [-0.15, -0.1) is 0 Å². The molecule has 0 saturated carbocycles. The van der Waals surface area contributed by atoms with E-state index in [0.717, 1.165) is 32.5 Å². The van der Waals surface area contributed by atoms with Gasteiger partial charge in [0, 0.05) is 25.2 Å². The third kappa shape index (κ3) is 3.77. The minimum atomic E-state index is 0.0872. The fourth-order valence-corrected chi connectivity index (χ4v) is 1.42. The minimum absolute atomic E-state index is 0.0872. The summed E-state index contributed by atoms with van der Waals surface area (Å²) >= 11 is 0. The molecule has 0 spiro atoms. The number of amides is 1. The Hall–Kier alpha value is -0.570. The Bertz CT molecular complexity index is 160. The molecule has 13 heavy (non-hydrogen) atoms. The van der Waals surface area contributed by atoms with E-state index >= 15 is 0 Å². The van der Waals surface area contributed by atoms with E-state index in [4.69, 9.17) is 4.74 Å². The maximum Gasteiger partial charge on any atom is 0.222 e. The fraction of sp³-hybridized carbons (Fsp3) is 0.900. The minimum Gasteiger partial charge on any atom is -0.381 e. The Morgan fingerprint density at radius 2 is 2.15 bits per heavy atom. The Balaban J connectivity index is 2.29. The van der Waals surface area contributed by atoms with Gasteiger partial charge in [0.15, 0.2) is 0 Å². The maximum atomic E-state index is 11.4. The normalized spacial score (nSPS) is 24.1. The number of hydrogen-bond donors (Lipinski definition) is 1. The molecule has 0 aliphatic carbocycles. The second kappa shape index (κ2) is 5.22. The number of nitrogens with one attached hydrogen (secondary N) is 1. The van der Waals surface area contributed by atoms with Gasteiger partial charge in [-0.25, -0.2) is 0 Å². The van der Waals surface area contributed by atoms with E-state index in [1.165, 1.54) is 0 Å². The van der Waals surface area contributed by atoms with Gasteiger partial charge in [0.2, 0.25) is 5.91 Å². The van der Waals surface area contributed by atoms with Crippen LogP contribution in [0.3, 0.4) is 0 Å². The van der Waals surface area contributed by atoms with Crippen molar-refractivity contribution in [1.29, 1.82) is 0 Å². The van der Waals surface area contributed by atoms with Crippen LogP contribution in [-0.4, -0.2) is 25.2 Å². The van der Waals surface area contributed by atoms with E-state index in [1.54, 1.807) is 0 Å². The zero-order chi connectivity index (χ0) is 9.68. The average molecular weight is 185 g/mol. The summed E-state index contributed by atoms with van der Waals surface area (Å²) < 4.78 is 5.32. The molecule has 1 fully saturated rings. The molecule has 0 aromatic rings. The highest BCUT2D eigenvalue weighted by atomic mass is 16.5. The Labute approximate surface area is 79.8 Å². The topological polar surface area (TPSA) is 38.3 Å². The summed E-state index contributed by atoms with van der Waals surface area (Å²) in [4.78, 5) is 11.4. The van der Waals surface area contributed by atoms with Crippen LogP contribution in [0.4, 0.5) is 0 Å². The molecular weight excluding hydrogens is 166 g/mol. The summed E-state index contributed by atoms with van der Waals surface area (Å²) in [5, 5.41) is 3.04. The SMILES string of the molecule is CC(C)C(=O)NC1CCCOCC1. The number of ether oxygens (including phenoxy) is 1. The van der Waals surface area contributed by atoms with E-state index < -0.39 is 0 Å². The second-order valence-electron chi connectivity index (χ2n) is 3.90. The van der Waals surface area contributed by atoms with Gasteiger partial charge in [0.1, 0.15) is 0 Å². The summed E-state index contributed by atoms with van der Waals surface area (Å²) in [5.74, 6) is 0.246. The molecule has 0 bridgehead atoms. The van der Waals surface area contributed by atoms with Gasteiger partial charge in [0.05, 0.1) is 0 Å². The third-order valence-electron chi connectivity index (χ3n) is 2.32. The standard InChI is InChI=1S/C10H19NO2/c1-8(2)10(12)11-9-4-3-6-13-7-5-9/h8-9H,3-7H2,1-2H3,(H,11,12). The van der Waals surface area contributed by atoms with Crippen molar-refractivity contribution in [2.24, 2.45) is 5.92 Å². The van der Waals surface area contributed by atoms with Crippen LogP contribution in [0.5, 0.6) is 0 Å². The molecule has 1 heterocycles. The van der Waals surface area contributed by atoms with Gasteiger partial charge in [-0.3, -0.25) is 4.79 Å². The lowest BCUT2D eigenvalue weighted by atomic mass is 10.1. The summed E-state index contributed by atoms with van der Waals surface area (Å²) in [7, 11) is 0. The van der Waals surface area contributed by atoms with Crippen molar-refractivity contribution < 1.29 is 9.53 Å². The summed E-state index contributed by atoms with van der Waals surface area (Å²) in [6.45, 7) is 5.46. The monoisotopic (exact) mass is 185 g/mol. The highest BCUT2D eigenvalue weighted by Gasteiger charge is 2.16. The summed E-state index contributed by atoms with van der Waals surface area (Å²) in [5.41, 5.74) is 0. The molecule has 0 aromatic heterocycles. The first-order valence-electron chi connectivity index (χ1n) is 5.08. The summed E-state index contributed by atoms with van der Waals surface area (Å²) in [6.07, 6.45) is 3.07. The predicted octanol–water partition coefficient (Wildman–Crippen LogP) is 1.33. The van der Waals surface area contributed by atoms with Crippen LogP contribution < -0.4 is 5.32 Å². The van der Waals surface area contributed by atoms with E-state index in [2.05, 4.69) is 5.32 Å². The van der Waals surface area contributed by atoms with E-state index in [9.17, 15) is 4.79 Å². The molecule has 76 valence electrons. The lowest BCUT2D eigenvalue weighted by Crippen LogP contribution is -2.37. The first-order chi connectivity index (χ1) is 6.20. The van der Waals surface area contributed by atoms with Crippen molar-refractivity contribution in [3.8, 4) is 0 Å². The molecule has 0 aromatic carbocycles. The average Bonchev–Trinajstić information content (AvgIpc) is 2.32. The first kappa shape index (κ1) is 10.5. The molecule has 1 rings (SSSR count). The van der Waals surface area contributed by atoms with Crippen LogP contribution in [0, 0.1) is 5.92 Å². The van der Waals surface area contributed by atoms with Gasteiger partial charge in [-0.1, -0.05) is 13.8 Å². The quantitative estimate of drug-likeness (QED) is 0.704. The molecule has 1 aliphatic heterocycles. The Kier molecular flexibility index (Phi) is 4.22. The van der Waals surface area contributed by atoms with Crippen molar-refractivity contribution >= 4 is 5.91 Å². The van der Waals surface area contributed by atoms with Crippen molar-refractivity contribution in [3.63, 3.8) is 0 Å². The van der Waals surface area contributed by atoms with Gasteiger partial charge in [0.25, 0.3) is 0 Å². The Morgan fingerprint density at radius 1 is 1.38 bits per heavy atom.